The van der Waals surface area contributed by atoms with Crippen LogP contribution in [0.4, 0.5) is 0 Å². The van der Waals surface area contributed by atoms with Crippen LogP contribution < -0.4 is 0 Å². The second kappa shape index (κ2) is 2.76. The highest BCUT2D eigenvalue weighted by Crippen LogP contribution is 2.52. The second-order valence-electron chi connectivity index (χ2n) is 3.76. The molecule has 0 spiro atoms. The molecule has 0 aromatic rings. The van der Waals surface area contributed by atoms with Crippen LogP contribution in [0.15, 0.2) is 0 Å². The summed E-state index contributed by atoms with van der Waals surface area (Å²) in [7, 11) is 0. The fraction of sp³-hybridized carbons (Fsp3) is 1.00. The standard InChI is InChI=1S/C9H16O2/c10-6-7-11-9(4-1-5-9)8-2-3-8/h8,10H,1-7H2. The van der Waals surface area contributed by atoms with E-state index in [1.165, 1.54) is 32.1 Å². The lowest BCUT2D eigenvalue weighted by molar-refractivity contribution is -0.122. The molecule has 0 atom stereocenters. The van der Waals surface area contributed by atoms with Crippen molar-refractivity contribution >= 4 is 0 Å². The maximum Gasteiger partial charge on any atom is 0.0711 e. The zero-order valence-electron chi connectivity index (χ0n) is 6.88. The van der Waals surface area contributed by atoms with Gasteiger partial charge in [-0.2, -0.15) is 0 Å². The average molecular weight is 156 g/mol. The molecule has 2 nitrogen and oxygen atoms in total. The smallest absolute Gasteiger partial charge is 0.0711 e. The highest BCUT2D eigenvalue weighted by Gasteiger charge is 2.49. The van der Waals surface area contributed by atoms with E-state index in [1.54, 1.807) is 0 Å². The van der Waals surface area contributed by atoms with Crippen LogP contribution in [0.5, 0.6) is 0 Å². The fourth-order valence-corrected chi connectivity index (χ4v) is 2.05. The molecule has 0 aliphatic heterocycles. The number of aliphatic hydroxyl groups is 1. The van der Waals surface area contributed by atoms with E-state index in [2.05, 4.69) is 0 Å². The molecule has 0 saturated heterocycles. The van der Waals surface area contributed by atoms with Crippen molar-refractivity contribution in [1.29, 1.82) is 0 Å². The van der Waals surface area contributed by atoms with Crippen molar-refractivity contribution in [3.63, 3.8) is 0 Å². The van der Waals surface area contributed by atoms with E-state index in [0.717, 1.165) is 5.92 Å². The molecule has 2 fully saturated rings. The van der Waals surface area contributed by atoms with E-state index < -0.39 is 0 Å². The van der Waals surface area contributed by atoms with Crippen LogP contribution >= 0.6 is 0 Å². The molecule has 0 bridgehead atoms. The van der Waals surface area contributed by atoms with Gasteiger partial charge in [-0.05, 0) is 38.0 Å². The van der Waals surface area contributed by atoms with Crippen LogP contribution in [-0.2, 0) is 4.74 Å². The van der Waals surface area contributed by atoms with Gasteiger partial charge in [0.05, 0.1) is 18.8 Å². The molecule has 64 valence electrons. The monoisotopic (exact) mass is 156 g/mol. The van der Waals surface area contributed by atoms with Gasteiger partial charge in [-0.15, -0.1) is 0 Å². The third kappa shape index (κ3) is 1.30. The van der Waals surface area contributed by atoms with Crippen molar-refractivity contribution in [2.24, 2.45) is 5.92 Å². The molecule has 2 rings (SSSR count). The fourth-order valence-electron chi connectivity index (χ4n) is 2.05. The van der Waals surface area contributed by atoms with Crippen molar-refractivity contribution in [3.05, 3.63) is 0 Å². The van der Waals surface area contributed by atoms with Crippen molar-refractivity contribution < 1.29 is 9.84 Å². The minimum atomic E-state index is 0.175. The maximum atomic E-state index is 8.63. The van der Waals surface area contributed by atoms with E-state index in [0.29, 0.717) is 6.61 Å². The first-order valence-corrected chi connectivity index (χ1v) is 4.62. The molecule has 0 heterocycles. The van der Waals surface area contributed by atoms with Crippen molar-refractivity contribution in [3.8, 4) is 0 Å². The molecular weight excluding hydrogens is 140 g/mol. The summed E-state index contributed by atoms with van der Waals surface area (Å²) in [6.07, 6.45) is 6.49. The van der Waals surface area contributed by atoms with E-state index in [9.17, 15) is 0 Å². The number of hydrogen-bond donors (Lipinski definition) is 1. The SMILES string of the molecule is OCCOC1(C2CC2)CCC1. The summed E-state index contributed by atoms with van der Waals surface area (Å²) in [6.45, 7) is 0.713. The minimum absolute atomic E-state index is 0.175. The molecule has 2 saturated carbocycles. The van der Waals surface area contributed by atoms with Crippen LogP contribution in [0.3, 0.4) is 0 Å². The predicted octanol–water partition coefficient (Wildman–Crippen LogP) is 1.33. The molecule has 11 heavy (non-hydrogen) atoms. The van der Waals surface area contributed by atoms with Gasteiger partial charge in [-0.25, -0.2) is 0 Å². The van der Waals surface area contributed by atoms with Gasteiger partial charge < -0.3 is 9.84 Å². The number of rotatable bonds is 4. The van der Waals surface area contributed by atoms with Gasteiger partial charge in [0.1, 0.15) is 0 Å². The topological polar surface area (TPSA) is 29.5 Å². The summed E-state index contributed by atoms with van der Waals surface area (Å²) >= 11 is 0. The first-order chi connectivity index (χ1) is 5.37. The summed E-state index contributed by atoms with van der Waals surface area (Å²) in [5.74, 6) is 0.836. The first-order valence-electron chi connectivity index (χ1n) is 4.62. The third-order valence-corrected chi connectivity index (χ3v) is 3.00. The summed E-state index contributed by atoms with van der Waals surface area (Å²) in [6, 6.07) is 0. The summed E-state index contributed by atoms with van der Waals surface area (Å²) in [4.78, 5) is 0. The Morgan fingerprint density at radius 3 is 2.45 bits per heavy atom. The Morgan fingerprint density at radius 1 is 1.36 bits per heavy atom. The van der Waals surface area contributed by atoms with E-state index in [1.807, 2.05) is 0 Å². The molecular formula is C9H16O2. The third-order valence-electron chi connectivity index (χ3n) is 3.00. The molecule has 0 radical (unpaired) electrons. The Hall–Kier alpha value is -0.0800. The van der Waals surface area contributed by atoms with Gasteiger partial charge in [0.2, 0.25) is 0 Å². The zero-order chi connectivity index (χ0) is 7.73. The average Bonchev–Trinajstić information content (AvgIpc) is 2.69. The number of aliphatic hydroxyl groups excluding tert-OH is 1. The van der Waals surface area contributed by atoms with Crippen LogP contribution in [0, 0.1) is 5.92 Å². The van der Waals surface area contributed by atoms with Crippen LogP contribution in [0.2, 0.25) is 0 Å². The Morgan fingerprint density at radius 2 is 2.09 bits per heavy atom. The number of ether oxygens (including phenoxy) is 1. The molecule has 0 aromatic carbocycles. The van der Waals surface area contributed by atoms with Gasteiger partial charge >= 0.3 is 0 Å². The van der Waals surface area contributed by atoms with Gasteiger partial charge in [0.15, 0.2) is 0 Å². The Bertz CT molecular complexity index is 136. The maximum absolute atomic E-state index is 8.63. The van der Waals surface area contributed by atoms with E-state index >= 15 is 0 Å². The summed E-state index contributed by atoms with van der Waals surface area (Å²) in [5, 5.41) is 8.63. The van der Waals surface area contributed by atoms with Crippen molar-refractivity contribution in [2.75, 3.05) is 13.2 Å². The normalized spacial score (nSPS) is 28.1. The quantitative estimate of drug-likeness (QED) is 0.665. The van der Waals surface area contributed by atoms with Crippen LogP contribution in [-0.4, -0.2) is 23.9 Å². The summed E-state index contributed by atoms with van der Waals surface area (Å²) < 4.78 is 5.69. The molecule has 2 heteroatoms. The van der Waals surface area contributed by atoms with E-state index in [-0.39, 0.29) is 12.2 Å². The Balaban J connectivity index is 1.83. The molecule has 1 N–H and O–H groups in total. The zero-order valence-corrected chi connectivity index (χ0v) is 6.88. The van der Waals surface area contributed by atoms with Crippen LogP contribution in [0.1, 0.15) is 32.1 Å². The van der Waals surface area contributed by atoms with Gasteiger partial charge in [-0.1, -0.05) is 0 Å². The molecule has 2 aliphatic carbocycles. The lowest BCUT2D eigenvalue weighted by Gasteiger charge is -2.42. The predicted molar refractivity (Wildman–Crippen MR) is 42.3 cm³/mol. The van der Waals surface area contributed by atoms with E-state index in [4.69, 9.17) is 9.84 Å². The minimum Gasteiger partial charge on any atom is -0.394 e. The molecule has 2 aliphatic rings. The lowest BCUT2D eigenvalue weighted by Crippen LogP contribution is -2.43. The van der Waals surface area contributed by atoms with Crippen molar-refractivity contribution in [1.82, 2.24) is 0 Å². The highest BCUT2D eigenvalue weighted by molar-refractivity contribution is 5.01. The number of hydrogen-bond acceptors (Lipinski definition) is 2. The van der Waals surface area contributed by atoms with Gasteiger partial charge in [0.25, 0.3) is 0 Å². The Kier molecular flexibility index (Phi) is 1.90. The largest absolute Gasteiger partial charge is 0.394 e. The van der Waals surface area contributed by atoms with Crippen molar-refractivity contribution in [2.45, 2.75) is 37.7 Å². The Labute approximate surface area is 67.6 Å². The second-order valence-corrected chi connectivity index (χ2v) is 3.76. The summed E-state index contributed by atoms with van der Waals surface area (Å²) in [5.41, 5.74) is 0.225. The first kappa shape index (κ1) is 7.56. The lowest BCUT2D eigenvalue weighted by atomic mass is 9.76. The van der Waals surface area contributed by atoms with Gasteiger partial charge in [-0.3, -0.25) is 0 Å². The highest BCUT2D eigenvalue weighted by atomic mass is 16.5. The molecule has 0 unspecified atom stereocenters. The molecule has 0 amide bonds. The van der Waals surface area contributed by atoms with Gasteiger partial charge in [0, 0.05) is 0 Å². The van der Waals surface area contributed by atoms with Crippen LogP contribution in [0.25, 0.3) is 0 Å². The molecule has 0 aromatic heterocycles.